The van der Waals surface area contributed by atoms with Crippen LogP contribution in [0.2, 0.25) is 0 Å². The molecule has 0 unspecified atom stereocenters. The van der Waals surface area contributed by atoms with Gasteiger partial charge in [-0.05, 0) is 30.3 Å². The van der Waals surface area contributed by atoms with E-state index in [4.69, 9.17) is 13.9 Å². The van der Waals surface area contributed by atoms with E-state index in [2.05, 4.69) is 47.5 Å². The van der Waals surface area contributed by atoms with Crippen molar-refractivity contribution in [3.8, 4) is 17.3 Å². The van der Waals surface area contributed by atoms with Gasteiger partial charge in [-0.2, -0.15) is 0 Å². The fourth-order valence-corrected chi connectivity index (χ4v) is 3.25. The van der Waals surface area contributed by atoms with Crippen molar-refractivity contribution in [2.75, 3.05) is 43.6 Å². The average molecular weight is 393 g/mol. The average Bonchev–Trinajstić information content (AvgIpc) is 3.41. The Morgan fingerprint density at radius 2 is 1.93 bits per heavy atom. The van der Waals surface area contributed by atoms with Crippen LogP contribution in [0.1, 0.15) is 0 Å². The van der Waals surface area contributed by atoms with Crippen LogP contribution in [-0.2, 0) is 4.74 Å². The van der Waals surface area contributed by atoms with Crippen molar-refractivity contribution < 1.29 is 13.9 Å². The number of aromatic nitrogens is 5. The number of nitrogens with one attached hydrogen (secondary N) is 2. The van der Waals surface area contributed by atoms with Gasteiger partial charge in [-0.3, -0.25) is 5.32 Å². The van der Waals surface area contributed by atoms with Crippen molar-refractivity contribution in [2.24, 2.45) is 0 Å². The summed E-state index contributed by atoms with van der Waals surface area (Å²) in [5.74, 6) is 1.33. The van der Waals surface area contributed by atoms with Gasteiger partial charge in [-0.15, -0.1) is 5.10 Å². The largest absolute Gasteiger partial charge is 0.479 e. The van der Waals surface area contributed by atoms with Crippen LogP contribution in [0, 0.1) is 0 Å². The monoisotopic (exact) mass is 393 g/mol. The normalized spacial score (nSPS) is 14.3. The van der Waals surface area contributed by atoms with Gasteiger partial charge in [0.1, 0.15) is 0 Å². The van der Waals surface area contributed by atoms with E-state index in [9.17, 15) is 0 Å². The fraction of sp³-hybridized carbons (Fsp3) is 0.263. The van der Waals surface area contributed by atoms with Gasteiger partial charge in [0.2, 0.25) is 17.7 Å². The van der Waals surface area contributed by atoms with Gasteiger partial charge < -0.3 is 23.8 Å². The summed E-state index contributed by atoms with van der Waals surface area (Å²) < 4.78 is 16.4. The highest BCUT2D eigenvalue weighted by Gasteiger charge is 2.14. The zero-order valence-corrected chi connectivity index (χ0v) is 15.8. The highest BCUT2D eigenvalue weighted by atomic mass is 16.5. The number of hydrogen-bond acceptors (Lipinski definition) is 9. The van der Waals surface area contributed by atoms with Crippen LogP contribution in [-0.4, -0.2) is 58.6 Å². The molecular formula is C19H19N7O3. The standard InChI is InChI=1S/C19H19N7O3/c1-27-17-15-14(6-7-20-17)21-18(22-15)23-19-25-24-16(29-19)12-2-4-13(5-3-12)26-8-10-28-11-9-26/h2-7H,8-11H2,1H3,(H2,21,22,23,25). The lowest BCUT2D eigenvalue weighted by molar-refractivity contribution is 0.122. The molecule has 1 fully saturated rings. The molecule has 3 aromatic heterocycles. The SMILES string of the molecule is COc1nccc2[nH]c(Nc3nnc(-c4ccc(N5CCOCC5)cc4)o3)nc12. The van der Waals surface area contributed by atoms with Crippen molar-refractivity contribution in [3.05, 3.63) is 36.5 Å². The van der Waals surface area contributed by atoms with Gasteiger partial charge in [0.15, 0.2) is 5.52 Å². The lowest BCUT2D eigenvalue weighted by atomic mass is 10.2. The summed E-state index contributed by atoms with van der Waals surface area (Å²) in [6.45, 7) is 3.30. The lowest BCUT2D eigenvalue weighted by Gasteiger charge is -2.28. The first-order valence-corrected chi connectivity index (χ1v) is 9.22. The van der Waals surface area contributed by atoms with Crippen LogP contribution >= 0.6 is 0 Å². The Balaban J connectivity index is 1.33. The molecule has 1 aliphatic rings. The highest BCUT2D eigenvalue weighted by Crippen LogP contribution is 2.26. The van der Waals surface area contributed by atoms with E-state index in [1.807, 2.05) is 18.2 Å². The molecule has 29 heavy (non-hydrogen) atoms. The van der Waals surface area contributed by atoms with Crippen molar-refractivity contribution in [2.45, 2.75) is 0 Å². The molecule has 1 aliphatic heterocycles. The zero-order valence-electron chi connectivity index (χ0n) is 15.8. The van der Waals surface area contributed by atoms with Crippen LogP contribution in [0.3, 0.4) is 0 Å². The first-order valence-electron chi connectivity index (χ1n) is 9.22. The first kappa shape index (κ1) is 17.4. The summed E-state index contributed by atoms with van der Waals surface area (Å²) in [6.07, 6.45) is 1.65. The van der Waals surface area contributed by atoms with Gasteiger partial charge in [0.05, 0.1) is 25.8 Å². The molecule has 4 aromatic rings. The molecule has 0 amide bonds. The molecule has 0 radical (unpaired) electrons. The first-order chi connectivity index (χ1) is 14.3. The number of benzene rings is 1. The summed E-state index contributed by atoms with van der Waals surface area (Å²) in [5, 5.41) is 11.2. The molecule has 1 saturated heterocycles. The molecule has 5 rings (SSSR count). The number of ether oxygens (including phenoxy) is 2. The lowest BCUT2D eigenvalue weighted by Crippen LogP contribution is -2.36. The second-order valence-corrected chi connectivity index (χ2v) is 6.49. The number of pyridine rings is 1. The number of rotatable bonds is 5. The summed E-state index contributed by atoms with van der Waals surface area (Å²) in [7, 11) is 1.55. The molecule has 10 heteroatoms. The van der Waals surface area contributed by atoms with E-state index >= 15 is 0 Å². The second kappa shape index (κ2) is 7.40. The van der Waals surface area contributed by atoms with Gasteiger partial charge in [0, 0.05) is 30.5 Å². The quantitative estimate of drug-likeness (QED) is 0.528. The van der Waals surface area contributed by atoms with E-state index in [0.717, 1.165) is 43.1 Å². The Labute approximate surface area is 165 Å². The van der Waals surface area contributed by atoms with Crippen molar-refractivity contribution in [1.82, 2.24) is 25.1 Å². The van der Waals surface area contributed by atoms with E-state index < -0.39 is 0 Å². The minimum Gasteiger partial charge on any atom is -0.479 e. The fourth-order valence-electron chi connectivity index (χ4n) is 3.25. The third-order valence-electron chi connectivity index (χ3n) is 4.70. The minimum absolute atomic E-state index is 0.239. The Morgan fingerprint density at radius 3 is 2.72 bits per heavy atom. The Bertz CT molecular complexity index is 1120. The van der Waals surface area contributed by atoms with E-state index in [1.165, 1.54) is 0 Å². The molecule has 10 nitrogen and oxygen atoms in total. The highest BCUT2D eigenvalue weighted by molar-refractivity contribution is 5.82. The molecule has 0 spiro atoms. The smallest absolute Gasteiger partial charge is 0.322 e. The van der Waals surface area contributed by atoms with Gasteiger partial charge in [0.25, 0.3) is 0 Å². The number of nitrogens with zero attached hydrogens (tertiary/aromatic N) is 5. The van der Waals surface area contributed by atoms with Crippen molar-refractivity contribution >= 4 is 28.7 Å². The molecule has 0 bridgehead atoms. The Hall–Kier alpha value is -3.66. The molecule has 2 N–H and O–H groups in total. The Kier molecular flexibility index (Phi) is 4.45. The number of fused-ring (bicyclic) bond motifs is 1. The zero-order chi connectivity index (χ0) is 19.6. The second-order valence-electron chi connectivity index (χ2n) is 6.49. The van der Waals surface area contributed by atoms with Crippen molar-refractivity contribution in [1.29, 1.82) is 0 Å². The number of morpholine rings is 1. The molecule has 148 valence electrons. The summed E-state index contributed by atoms with van der Waals surface area (Å²) in [5.41, 5.74) is 3.41. The summed E-state index contributed by atoms with van der Waals surface area (Å²) >= 11 is 0. The third kappa shape index (κ3) is 3.45. The van der Waals surface area contributed by atoms with Gasteiger partial charge >= 0.3 is 6.01 Å². The number of aromatic amines is 1. The van der Waals surface area contributed by atoms with Crippen LogP contribution in [0.5, 0.6) is 5.88 Å². The number of H-pyrrole nitrogens is 1. The number of hydrogen-bond donors (Lipinski definition) is 2. The van der Waals surface area contributed by atoms with Crippen LogP contribution < -0.4 is 15.0 Å². The molecule has 0 atom stereocenters. The van der Waals surface area contributed by atoms with Gasteiger partial charge in [-0.1, -0.05) is 5.10 Å². The molecule has 1 aromatic carbocycles. The summed E-state index contributed by atoms with van der Waals surface area (Å²) in [4.78, 5) is 14.0. The maximum absolute atomic E-state index is 5.74. The summed E-state index contributed by atoms with van der Waals surface area (Å²) in [6, 6.07) is 10.1. The molecule has 4 heterocycles. The Morgan fingerprint density at radius 1 is 1.10 bits per heavy atom. The predicted octanol–water partition coefficient (Wildman–Crippen LogP) is 2.60. The van der Waals surface area contributed by atoms with Crippen LogP contribution in [0.4, 0.5) is 17.7 Å². The van der Waals surface area contributed by atoms with E-state index in [1.54, 1.807) is 13.3 Å². The topological polar surface area (TPSA) is 114 Å². The van der Waals surface area contributed by atoms with E-state index in [0.29, 0.717) is 23.2 Å². The predicted molar refractivity (Wildman–Crippen MR) is 106 cm³/mol. The third-order valence-corrected chi connectivity index (χ3v) is 4.70. The number of methoxy groups -OCH3 is 1. The minimum atomic E-state index is 0.239. The number of anilines is 3. The molecule has 0 aliphatic carbocycles. The van der Waals surface area contributed by atoms with Gasteiger partial charge in [-0.25, -0.2) is 9.97 Å². The van der Waals surface area contributed by atoms with Crippen molar-refractivity contribution in [3.63, 3.8) is 0 Å². The van der Waals surface area contributed by atoms with Crippen LogP contribution in [0.25, 0.3) is 22.5 Å². The molecular weight excluding hydrogens is 374 g/mol. The number of imidazole rings is 1. The maximum Gasteiger partial charge on any atom is 0.322 e. The van der Waals surface area contributed by atoms with Crippen LogP contribution in [0.15, 0.2) is 40.9 Å². The molecule has 0 saturated carbocycles. The van der Waals surface area contributed by atoms with E-state index in [-0.39, 0.29) is 6.01 Å². The maximum atomic E-state index is 5.74.